The number of carbonyl (C=O) groups is 1. The number of carbonyl (C=O) groups excluding carboxylic acids is 1. The minimum atomic E-state index is -0.0605. The molecule has 3 heteroatoms. The molecule has 122 valence electrons. The second-order valence-electron chi connectivity index (χ2n) is 5.82. The molecule has 0 aliphatic rings. The van der Waals surface area contributed by atoms with Gasteiger partial charge in [0.2, 0.25) is 5.91 Å². The van der Waals surface area contributed by atoms with E-state index in [0.717, 1.165) is 12.2 Å². The molecule has 0 aliphatic heterocycles. The summed E-state index contributed by atoms with van der Waals surface area (Å²) in [6.07, 6.45) is 0.894. The van der Waals surface area contributed by atoms with Crippen LogP contribution in [0.4, 0.5) is 0 Å². The van der Waals surface area contributed by atoms with Gasteiger partial charge in [0.15, 0.2) is 0 Å². The van der Waals surface area contributed by atoms with Crippen LogP contribution in [0, 0.1) is 6.92 Å². The van der Waals surface area contributed by atoms with Crippen molar-refractivity contribution in [3.63, 3.8) is 0 Å². The Morgan fingerprint density at radius 1 is 1.09 bits per heavy atom. The van der Waals surface area contributed by atoms with Crippen molar-refractivity contribution in [3.8, 4) is 0 Å². The van der Waals surface area contributed by atoms with Gasteiger partial charge < -0.3 is 5.32 Å². The van der Waals surface area contributed by atoms with E-state index in [0.29, 0.717) is 0 Å². The SMILES string of the molecule is CC[C@H](NC(=O)[C@H](C)SCc1ccccc1)c1ccc(C)cc1. The topological polar surface area (TPSA) is 29.1 Å². The fourth-order valence-corrected chi connectivity index (χ4v) is 3.23. The molecular weight excluding hydrogens is 302 g/mol. The van der Waals surface area contributed by atoms with Crippen LogP contribution in [0.2, 0.25) is 0 Å². The van der Waals surface area contributed by atoms with Crippen LogP contribution in [-0.4, -0.2) is 11.2 Å². The van der Waals surface area contributed by atoms with Crippen molar-refractivity contribution in [1.82, 2.24) is 5.32 Å². The normalized spacial score (nSPS) is 13.3. The average Bonchev–Trinajstić information content (AvgIpc) is 2.59. The predicted molar refractivity (Wildman–Crippen MR) is 99.6 cm³/mol. The van der Waals surface area contributed by atoms with Gasteiger partial charge >= 0.3 is 0 Å². The van der Waals surface area contributed by atoms with Gasteiger partial charge in [-0.1, -0.05) is 67.1 Å². The lowest BCUT2D eigenvalue weighted by molar-refractivity contribution is -0.121. The highest BCUT2D eigenvalue weighted by atomic mass is 32.2. The number of hydrogen-bond acceptors (Lipinski definition) is 2. The number of hydrogen-bond donors (Lipinski definition) is 1. The number of benzene rings is 2. The van der Waals surface area contributed by atoms with Crippen molar-refractivity contribution >= 4 is 17.7 Å². The molecule has 0 radical (unpaired) electrons. The first kappa shape index (κ1) is 17.6. The molecule has 2 aromatic rings. The smallest absolute Gasteiger partial charge is 0.233 e. The molecule has 0 saturated carbocycles. The Labute approximate surface area is 143 Å². The lowest BCUT2D eigenvalue weighted by atomic mass is 10.0. The van der Waals surface area contributed by atoms with Crippen molar-refractivity contribution in [2.24, 2.45) is 0 Å². The van der Waals surface area contributed by atoms with Crippen LogP contribution in [-0.2, 0) is 10.5 Å². The van der Waals surface area contributed by atoms with Gasteiger partial charge in [-0.25, -0.2) is 0 Å². The van der Waals surface area contributed by atoms with Gasteiger partial charge in [0.05, 0.1) is 11.3 Å². The first-order valence-electron chi connectivity index (χ1n) is 8.12. The number of aryl methyl sites for hydroxylation is 1. The van der Waals surface area contributed by atoms with E-state index < -0.39 is 0 Å². The molecule has 1 N–H and O–H groups in total. The quantitative estimate of drug-likeness (QED) is 0.785. The van der Waals surface area contributed by atoms with E-state index in [2.05, 4.69) is 55.6 Å². The largest absolute Gasteiger partial charge is 0.348 e. The van der Waals surface area contributed by atoms with Crippen LogP contribution in [0.25, 0.3) is 0 Å². The average molecular weight is 327 g/mol. The highest BCUT2D eigenvalue weighted by Crippen LogP contribution is 2.21. The summed E-state index contributed by atoms with van der Waals surface area (Å²) in [6.45, 7) is 6.16. The molecule has 23 heavy (non-hydrogen) atoms. The Bertz CT molecular complexity index is 609. The summed E-state index contributed by atoms with van der Waals surface area (Å²) in [5, 5.41) is 3.12. The third-order valence-corrected chi connectivity index (χ3v) is 5.13. The molecule has 0 aromatic heterocycles. The molecule has 1 amide bonds. The summed E-state index contributed by atoms with van der Waals surface area (Å²) >= 11 is 1.68. The predicted octanol–water partition coefficient (Wildman–Crippen LogP) is 4.88. The van der Waals surface area contributed by atoms with E-state index in [1.807, 2.05) is 25.1 Å². The fraction of sp³-hybridized carbons (Fsp3) is 0.350. The Kier molecular flexibility index (Phi) is 6.72. The molecule has 0 bridgehead atoms. The maximum absolute atomic E-state index is 12.4. The van der Waals surface area contributed by atoms with E-state index in [-0.39, 0.29) is 17.2 Å². The summed E-state index contributed by atoms with van der Waals surface area (Å²) in [5.74, 6) is 0.967. The number of rotatable bonds is 7. The van der Waals surface area contributed by atoms with Gasteiger partial charge in [-0.15, -0.1) is 11.8 Å². The third kappa shape index (κ3) is 5.43. The van der Waals surface area contributed by atoms with Crippen LogP contribution < -0.4 is 5.32 Å². The molecule has 2 nitrogen and oxygen atoms in total. The molecule has 0 unspecified atom stereocenters. The number of amides is 1. The van der Waals surface area contributed by atoms with Crippen molar-refractivity contribution in [2.45, 2.75) is 44.2 Å². The van der Waals surface area contributed by atoms with E-state index in [9.17, 15) is 4.79 Å². The summed E-state index contributed by atoms with van der Waals surface area (Å²) in [5.41, 5.74) is 3.66. The van der Waals surface area contributed by atoms with Crippen molar-refractivity contribution in [2.75, 3.05) is 0 Å². The highest BCUT2D eigenvalue weighted by Gasteiger charge is 2.18. The zero-order valence-corrected chi connectivity index (χ0v) is 14.9. The van der Waals surface area contributed by atoms with Crippen molar-refractivity contribution in [1.29, 1.82) is 0 Å². The van der Waals surface area contributed by atoms with Crippen molar-refractivity contribution in [3.05, 3.63) is 71.3 Å². The van der Waals surface area contributed by atoms with E-state index in [4.69, 9.17) is 0 Å². The first-order valence-corrected chi connectivity index (χ1v) is 9.17. The van der Waals surface area contributed by atoms with Gasteiger partial charge in [0.1, 0.15) is 0 Å². The zero-order valence-electron chi connectivity index (χ0n) is 14.1. The van der Waals surface area contributed by atoms with E-state index >= 15 is 0 Å². The fourth-order valence-electron chi connectivity index (χ4n) is 2.38. The maximum Gasteiger partial charge on any atom is 0.233 e. The maximum atomic E-state index is 12.4. The highest BCUT2D eigenvalue weighted by molar-refractivity contribution is 7.99. The van der Waals surface area contributed by atoms with Crippen LogP contribution in [0.3, 0.4) is 0 Å². The summed E-state index contributed by atoms with van der Waals surface area (Å²) < 4.78 is 0. The molecule has 0 aliphatic carbocycles. The second kappa shape index (κ2) is 8.78. The summed E-state index contributed by atoms with van der Waals surface area (Å²) in [6, 6.07) is 18.8. The van der Waals surface area contributed by atoms with Crippen LogP contribution >= 0.6 is 11.8 Å². The molecule has 0 heterocycles. The molecule has 0 fully saturated rings. The Morgan fingerprint density at radius 3 is 2.35 bits per heavy atom. The monoisotopic (exact) mass is 327 g/mol. The number of thioether (sulfide) groups is 1. The minimum Gasteiger partial charge on any atom is -0.348 e. The van der Waals surface area contributed by atoms with Gasteiger partial charge in [-0.05, 0) is 31.4 Å². The van der Waals surface area contributed by atoms with Gasteiger partial charge in [0, 0.05) is 5.75 Å². The van der Waals surface area contributed by atoms with E-state index in [1.54, 1.807) is 11.8 Å². The number of nitrogens with one attached hydrogen (secondary N) is 1. The second-order valence-corrected chi connectivity index (χ2v) is 7.15. The lowest BCUT2D eigenvalue weighted by Gasteiger charge is -2.20. The molecule has 2 aromatic carbocycles. The van der Waals surface area contributed by atoms with Crippen LogP contribution in [0.1, 0.15) is 43.0 Å². The van der Waals surface area contributed by atoms with Crippen molar-refractivity contribution < 1.29 is 4.79 Å². The molecule has 2 atom stereocenters. The Hall–Kier alpha value is -1.74. The van der Waals surface area contributed by atoms with Gasteiger partial charge in [0.25, 0.3) is 0 Å². The van der Waals surface area contributed by atoms with Crippen LogP contribution in [0.15, 0.2) is 54.6 Å². The molecule has 2 rings (SSSR count). The third-order valence-electron chi connectivity index (χ3n) is 3.92. The van der Waals surface area contributed by atoms with Gasteiger partial charge in [-0.3, -0.25) is 4.79 Å². The zero-order chi connectivity index (χ0) is 16.7. The van der Waals surface area contributed by atoms with E-state index in [1.165, 1.54) is 16.7 Å². The Balaban J connectivity index is 1.89. The molecular formula is C20H25NOS. The Morgan fingerprint density at radius 2 is 1.74 bits per heavy atom. The first-order chi connectivity index (χ1) is 11.1. The summed E-state index contributed by atoms with van der Waals surface area (Å²) in [4.78, 5) is 12.4. The standard InChI is InChI=1S/C20H25NOS/c1-4-19(18-12-10-15(2)11-13-18)21-20(22)16(3)23-14-17-8-6-5-7-9-17/h5-13,16,19H,4,14H2,1-3H3,(H,21,22)/t16-,19-/m0/s1. The summed E-state index contributed by atoms with van der Waals surface area (Å²) in [7, 11) is 0. The van der Waals surface area contributed by atoms with Crippen LogP contribution in [0.5, 0.6) is 0 Å². The molecule has 0 saturated heterocycles. The minimum absolute atomic E-state index is 0.0605. The van der Waals surface area contributed by atoms with Gasteiger partial charge in [-0.2, -0.15) is 0 Å². The lowest BCUT2D eigenvalue weighted by Crippen LogP contribution is -2.34. The molecule has 0 spiro atoms.